The van der Waals surface area contributed by atoms with Crippen molar-refractivity contribution in [3.05, 3.63) is 84.2 Å². The van der Waals surface area contributed by atoms with Crippen LogP contribution in [0, 0.1) is 11.3 Å². The first kappa shape index (κ1) is 21.8. The molecular formula is C24H25N5O2. The molecule has 2 amide bonds. The fourth-order valence-corrected chi connectivity index (χ4v) is 3.16. The summed E-state index contributed by atoms with van der Waals surface area (Å²) >= 11 is 0. The minimum atomic E-state index is -0.178. The van der Waals surface area contributed by atoms with Crippen LogP contribution in [0.25, 0.3) is 0 Å². The minimum absolute atomic E-state index is 0.0922. The predicted octanol–water partition coefficient (Wildman–Crippen LogP) is 3.27. The smallest absolute Gasteiger partial charge is 0.227 e. The number of carbonyl (C=O) groups is 2. The quantitative estimate of drug-likeness (QED) is 0.550. The third-order valence-electron chi connectivity index (χ3n) is 4.80. The second-order valence-electron chi connectivity index (χ2n) is 7.09. The average molecular weight is 415 g/mol. The maximum atomic E-state index is 12.6. The van der Waals surface area contributed by atoms with E-state index in [1.807, 2.05) is 71.5 Å². The molecule has 1 aromatic heterocycles. The summed E-state index contributed by atoms with van der Waals surface area (Å²) in [5.41, 5.74) is 2.85. The lowest BCUT2D eigenvalue weighted by Gasteiger charge is -2.21. The molecule has 0 aliphatic rings. The van der Waals surface area contributed by atoms with E-state index in [4.69, 9.17) is 5.26 Å². The summed E-state index contributed by atoms with van der Waals surface area (Å²) in [4.78, 5) is 26.4. The molecule has 0 aliphatic heterocycles. The topological polar surface area (TPSA) is 91.0 Å². The Bertz CT molecular complexity index is 1010. The Balaban J connectivity index is 1.45. The van der Waals surface area contributed by atoms with Crippen LogP contribution in [0.15, 0.2) is 73.1 Å². The lowest BCUT2D eigenvalue weighted by atomic mass is 10.1. The van der Waals surface area contributed by atoms with Gasteiger partial charge in [-0.1, -0.05) is 42.5 Å². The number of nitrogens with one attached hydrogen (secondary N) is 1. The van der Waals surface area contributed by atoms with E-state index in [0.29, 0.717) is 19.6 Å². The standard InChI is InChI=1S/C24H25N5O2/c25-14-4-17-29(22-6-2-1-3-7-22)24(31)13-12-23(30)26-18-20-8-10-21(11-9-20)19-28-16-5-15-27-28/h1-3,5-11,15-16H,4,12-13,17-19H2,(H,26,30). The number of carbonyl (C=O) groups excluding carboxylic acids is 2. The van der Waals surface area contributed by atoms with Gasteiger partial charge in [-0.25, -0.2) is 0 Å². The number of hydrogen-bond acceptors (Lipinski definition) is 4. The fourth-order valence-electron chi connectivity index (χ4n) is 3.16. The largest absolute Gasteiger partial charge is 0.352 e. The van der Waals surface area contributed by atoms with Crippen LogP contribution in [0.2, 0.25) is 0 Å². The molecule has 0 atom stereocenters. The van der Waals surface area contributed by atoms with E-state index in [1.54, 1.807) is 11.1 Å². The number of aromatic nitrogens is 2. The minimum Gasteiger partial charge on any atom is -0.352 e. The van der Waals surface area contributed by atoms with Gasteiger partial charge in [0.25, 0.3) is 0 Å². The number of nitrogens with zero attached hydrogens (tertiary/aromatic N) is 4. The first-order valence-corrected chi connectivity index (χ1v) is 10.2. The summed E-state index contributed by atoms with van der Waals surface area (Å²) in [5, 5.41) is 15.9. The van der Waals surface area contributed by atoms with Crippen LogP contribution >= 0.6 is 0 Å². The Morgan fingerprint density at radius 1 is 1.00 bits per heavy atom. The van der Waals surface area contributed by atoms with Crippen molar-refractivity contribution in [2.75, 3.05) is 11.4 Å². The van der Waals surface area contributed by atoms with Crippen molar-refractivity contribution < 1.29 is 9.59 Å². The van der Waals surface area contributed by atoms with E-state index in [9.17, 15) is 9.59 Å². The number of amides is 2. The van der Waals surface area contributed by atoms with Crippen molar-refractivity contribution in [2.45, 2.75) is 32.4 Å². The number of nitriles is 1. The van der Waals surface area contributed by atoms with Gasteiger partial charge < -0.3 is 10.2 Å². The summed E-state index contributed by atoms with van der Waals surface area (Å²) < 4.78 is 1.85. The molecule has 2 aromatic carbocycles. The molecule has 158 valence electrons. The molecule has 0 radical (unpaired) electrons. The van der Waals surface area contributed by atoms with Gasteiger partial charge in [0.05, 0.1) is 19.0 Å². The van der Waals surface area contributed by atoms with Crippen LogP contribution in [-0.4, -0.2) is 28.1 Å². The van der Waals surface area contributed by atoms with Crippen LogP contribution in [0.4, 0.5) is 5.69 Å². The third kappa shape index (κ3) is 6.82. The van der Waals surface area contributed by atoms with Crippen molar-refractivity contribution in [3.63, 3.8) is 0 Å². The zero-order valence-electron chi connectivity index (χ0n) is 17.3. The highest BCUT2D eigenvalue weighted by Crippen LogP contribution is 2.15. The molecule has 0 saturated heterocycles. The first-order chi connectivity index (χ1) is 15.2. The van der Waals surface area contributed by atoms with Crippen molar-refractivity contribution in [3.8, 4) is 6.07 Å². The SMILES string of the molecule is N#CCCN(C(=O)CCC(=O)NCc1ccc(Cn2cccn2)cc1)c1ccccc1. The summed E-state index contributed by atoms with van der Waals surface area (Å²) in [6, 6.07) is 21.1. The Labute approximate surface area is 181 Å². The normalized spacial score (nSPS) is 10.3. The molecule has 31 heavy (non-hydrogen) atoms. The highest BCUT2D eigenvalue weighted by molar-refractivity contribution is 5.95. The molecule has 7 heteroatoms. The third-order valence-corrected chi connectivity index (χ3v) is 4.80. The number of rotatable bonds is 10. The van der Waals surface area contributed by atoms with E-state index in [2.05, 4.69) is 16.5 Å². The second-order valence-corrected chi connectivity index (χ2v) is 7.09. The molecule has 0 aliphatic carbocycles. The van der Waals surface area contributed by atoms with Crippen molar-refractivity contribution in [2.24, 2.45) is 0 Å². The van der Waals surface area contributed by atoms with Gasteiger partial charge in [0.15, 0.2) is 0 Å². The van der Waals surface area contributed by atoms with E-state index < -0.39 is 0 Å². The lowest BCUT2D eigenvalue weighted by Crippen LogP contribution is -2.33. The molecule has 0 unspecified atom stereocenters. The van der Waals surface area contributed by atoms with E-state index in [0.717, 1.165) is 16.8 Å². The van der Waals surface area contributed by atoms with Gasteiger partial charge in [-0.05, 0) is 29.3 Å². The summed E-state index contributed by atoms with van der Waals surface area (Å²) in [6.07, 6.45) is 4.09. The maximum Gasteiger partial charge on any atom is 0.227 e. The van der Waals surface area contributed by atoms with Gasteiger partial charge in [0.2, 0.25) is 11.8 Å². The average Bonchev–Trinajstić information content (AvgIpc) is 3.31. The van der Waals surface area contributed by atoms with Crippen molar-refractivity contribution in [1.29, 1.82) is 5.26 Å². The van der Waals surface area contributed by atoms with Crippen LogP contribution in [0.5, 0.6) is 0 Å². The van der Waals surface area contributed by atoms with Gasteiger partial charge in [0.1, 0.15) is 0 Å². The molecule has 3 rings (SSSR count). The highest BCUT2D eigenvalue weighted by Gasteiger charge is 2.16. The molecule has 0 saturated carbocycles. The molecule has 0 fully saturated rings. The monoisotopic (exact) mass is 415 g/mol. The highest BCUT2D eigenvalue weighted by atomic mass is 16.2. The van der Waals surface area contributed by atoms with Gasteiger partial charge in [-0.3, -0.25) is 14.3 Å². The summed E-state index contributed by atoms with van der Waals surface area (Å²) in [5.74, 6) is -0.346. The Kier molecular flexibility index (Phi) is 7.95. The van der Waals surface area contributed by atoms with Crippen LogP contribution in [0.3, 0.4) is 0 Å². The van der Waals surface area contributed by atoms with Crippen molar-refractivity contribution in [1.82, 2.24) is 15.1 Å². The number of hydrogen-bond donors (Lipinski definition) is 1. The van der Waals surface area contributed by atoms with Gasteiger partial charge >= 0.3 is 0 Å². The fraction of sp³-hybridized carbons (Fsp3) is 0.250. The van der Waals surface area contributed by atoms with Gasteiger partial charge in [0, 0.05) is 44.0 Å². The Morgan fingerprint density at radius 2 is 1.74 bits per heavy atom. The Morgan fingerprint density at radius 3 is 2.42 bits per heavy atom. The van der Waals surface area contributed by atoms with Gasteiger partial charge in [-0.2, -0.15) is 10.4 Å². The molecule has 1 N–H and O–H groups in total. The van der Waals surface area contributed by atoms with E-state index >= 15 is 0 Å². The number of para-hydroxylation sites is 1. The number of benzene rings is 2. The Hall–Kier alpha value is -3.92. The molecular weight excluding hydrogens is 390 g/mol. The molecule has 0 spiro atoms. The van der Waals surface area contributed by atoms with E-state index in [1.165, 1.54) is 0 Å². The predicted molar refractivity (Wildman–Crippen MR) is 118 cm³/mol. The molecule has 0 bridgehead atoms. The van der Waals surface area contributed by atoms with Crippen molar-refractivity contribution >= 4 is 17.5 Å². The van der Waals surface area contributed by atoms with Crippen LogP contribution in [0.1, 0.15) is 30.4 Å². The second kappa shape index (κ2) is 11.3. The zero-order valence-corrected chi connectivity index (χ0v) is 17.3. The molecule has 3 aromatic rings. The zero-order chi connectivity index (χ0) is 21.9. The maximum absolute atomic E-state index is 12.6. The van der Waals surface area contributed by atoms with Crippen LogP contribution < -0.4 is 10.2 Å². The lowest BCUT2D eigenvalue weighted by molar-refractivity contribution is -0.125. The molecule has 7 nitrogen and oxygen atoms in total. The number of anilines is 1. The first-order valence-electron chi connectivity index (χ1n) is 10.2. The van der Waals surface area contributed by atoms with E-state index in [-0.39, 0.29) is 31.1 Å². The van der Waals surface area contributed by atoms with Crippen LogP contribution in [-0.2, 0) is 22.7 Å². The van der Waals surface area contributed by atoms with Gasteiger partial charge in [-0.15, -0.1) is 0 Å². The molecule has 1 heterocycles. The summed E-state index contributed by atoms with van der Waals surface area (Å²) in [6.45, 7) is 1.42. The summed E-state index contributed by atoms with van der Waals surface area (Å²) in [7, 11) is 0.